The van der Waals surface area contributed by atoms with Crippen LogP contribution in [0.5, 0.6) is 0 Å². The molecule has 0 aliphatic heterocycles. The third-order valence-electron chi connectivity index (χ3n) is 4.37. The molecule has 0 bridgehead atoms. The molecule has 150 valence electrons. The molecule has 0 spiro atoms. The Hall–Kier alpha value is -3.61. The number of hydrogen-bond acceptors (Lipinski definition) is 5. The van der Waals surface area contributed by atoms with E-state index < -0.39 is 23.7 Å². The molecular formula is C22H22N2O5. The fourth-order valence-electron chi connectivity index (χ4n) is 3.01. The Labute approximate surface area is 167 Å². The van der Waals surface area contributed by atoms with E-state index >= 15 is 0 Å². The van der Waals surface area contributed by atoms with Crippen LogP contribution in [0.4, 0.5) is 10.5 Å². The molecule has 2 N–H and O–H groups in total. The van der Waals surface area contributed by atoms with Gasteiger partial charge in [0.1, 0.15) is 11.6 Å². The summed E-state index contributed by atoms with van der Waals surface area (Å²) in [4.78, 5) is 36.3. The van der Waals surface area contributed by atoms with Crippen molar-refractivity contribution < 1.29 is 18.7 Å². The van der Waals surface area contributed by atoms with E-state index in [2.05, 4.69) is 10.6 Å². The van der Waals surface area contributed by atoms with E-state index in [4.69, 9.17) is 9.15 Å². The van der Waals surface area contributed by atoms with E-state index in [0.717, 1.165) is 16.5 Å². The Morgan fingerprint density at radius 3 is 2.59 bits per heavy atom. The number of urea groups is 1. The van der Waals surface area contributed by atoms with Gasteiger partial charge in [-0.15, -0.1) is 0 Å². The lowest BCUT2D eigenvalue weighted by Crippen LogP contribution is -2.45. The lowest BCUT2D eigenvalue weighted by Gasteiger charge is -2.18. The van der Waals surface area contributed by atoms with Crippen molar-refractivity contribution in [2.24, 2.45) is 0 Å². The summed E-state index contributed by atoms with van der Waals surface area (Å²) < 4.78 is 10.3. The third-order valence-corrected chi connectivity index (χ3v) is 4.37. The molecule has 1 heterocycles. The second-order valence-corrected chi connectivity index (χ2v) is 6.55. The first-order chi connectivity index (χ1) is 14.0. The van der Waals surface area contributed by atoms with Crippen LogP contribution in [-0.2, 0) is 16.0 Å². The predicted molar refractivity (Wildman–Crippen MR) is 110 cm³/mol. The molecule has 29 heavy (non-hydrogen) atoms. The van der Waals surface area contributed by atoms with Crippen LogP contribution in [0.3, 0.4) is 0 Å². The summed E-state index contributed by atoms with van der Waals surface area (Å²) in [6.45, 7) is 3.74. The Bertz CT molecular complexity index is 1080. The summed E-state index contributed by atoms with van der Waals surface area (Å²) in [5, 5.41) is 6.10. The zero-order valence-electron chi connectivity index (χ0n) is 16.2. The summed E-state index contributed by atoms with van der Waals surface area (Å²) in [5.74, 6) is -0.508. The monoisotopic (exact) mass is 394 g/mol. The Morgan fingerprint density at radius 2 is 1.86 bits per heavy atom. The fraction of sp³-hybridized carbons (Fsp3) is 0.227. The average Bonchev–Trinajstić information content (AvgIpc) is 2.68. The normalized spacial score (nSPS) is 11.7. The van der Waals surface area contributed by atoms with Crippen molar-refractivity contribution in [3.63, 3.8) is 0 Å². The molecule has 7 nitrogen and oxygen atoms in total. The van der Waals surface area contributed by atoms with Crippen molar-refractivity contribution in [3.8, 4) is 0 Å². The highest BCUT2D eigenvalue weighted by molar-refractivity contribution is 5.94. The summed E-state index contributed by atoms with van der Waals surface area (Å²) in [7, 11) is 0. The lowest BCUT2D eigenvalue weighted by atomic mass is 10.1. The van der Waals surface area contributed by atoms with Crippen molar-refractivity contribution in [3.05, 3.63) is 76.1 Å². The number of benzene rings is 2. The van der Waals surface area contributed by atoms with Gasteiger partial charge in [-0.1, -0.05) is 30.3 Å². The first kappa shape index (κ1) is 20.1. The third kappa shape index (κ3) is 5.22. The van der Waals surface area contributed by atoms with Crippen molar-refractivity contribution in [2.45, 2.75) is 26.3 Å². The van der Waals surface area contributed by atoms with Crippen LogP contribution in [0.2, 0.25) is 0 Å². The minimum Gasteiger partial charge on any atom is -0.464 e. The van der Waals surface area contributed by atoms with E-state index in [0.29, 0.717) is 17.7 Å². The molecule has 0 radical (unpaired) electrons. The molecule has 0 fully saturated rings. The molecule has 0 saturated heterocycles. The Balaban J connectivity index is 1.74. The number of anilines is 1. The molecule has 1 aromatic heterocycles. The minimum atomic E-state index is -0.835. The van der Waals surface area contributed by atoms with Crippen LogP contribution in [0.15, 0.2) is 63.8 Å². The van der Waals surface area contributed by atoms with Crippen LogP contribution < -0.4 is 16.3 Å². The van der Waals surface area contributed by atoms with Gasteiger partial charge >= 0.3 is 17.6 Å². The smallest absolute Gasteiger partial charge is 0.336 e. The first-order valence-corrected chi connectivity index (χ1v) is 9.29. The van der Waals surface area contributed by atoms with Gasteiger partial charge in [0.25, 0.3) is 0 Å². The Kier molecular flexibility index (Phi) is 6.29. The van der Waals surface area contributed by atoms with Gasteiger partial charge in [-0.3, -0.25) is 0 Å². The quantitative estimate of drug-likeness (QED) is 0.493. The molecule has 0 unspecified atom stereocenters. The number of hydrogen-bond donors (Lipinski definition) is 2. The summed E-state index contributed by atoms with van der Waals surface area (Å²) in [6, 6.07) is 14.4. The zero-order valence-corrected chi connectivity index (χ0v) is 16.2. The zero-order chi connectivity index (χ0) is 20.8. The van der Waals surface area contributed by atoms with E-state index in [9.17, 15) is 14.4 Å². The highest BCUT2D eigenvalue weighted by atomic mass is 16.5. The number of ether oxygens (including phenoxy) is 1. The number of nitrogens with one attached hydrogen (secondary N) is 2. The largest absolute Gasteiger partial charge is 0.464 e. The van der Waals surface area contributed by atoms with Crippen molar-refractivity contribution in [1.82, 2.24) is 5.32 Å². The number of carbonyl (C=O) groups excluding carboxylic acids is 2. The SMILES string of the molecule is CCOC(=O)[C@H](Cc1ccccc1)NC(=O)Nc1ccc2c(C)cc(=O)oc2c1. The van der Waals surface area contributed by atoms with Gasteiger partial charge in [0, 0.05) is 29.6 Å². The number of fused-ring (bicyclic) bond motifs is 1. The average molecular weight is 394 g/mol. The number of esters is 1. The van der Waals surface area contributed by atoms with Gasteiger partial charge in [-0.25, -0.2) is 14.4 Å². The molecule has 3 aromatic rings. The molecule has 0 aliphatic carbocycles. The van der Waals surface area contributed by atoms with E-state index in [-0.39, 0.29) is 6.61 Å². The van der Waals surface area contributed by atoms with Gasteiger partial charge in [0.15, 0.2) is 0 Å². The second-order valence-electron chi connectivity index (χ2n) is 6.55. The van der Waals surface area contributed by atoms with Crippen LogP contribution in [0.1, 0.15) is 18.1 Å². The molecule has 7 heteroatoms. The van der Waals surface area contributed by atoms with Gasteiger partial charge < -0.3 is 19.8 Å². The topological polar surface area (TPSA) is 97.6 Å². The highest BCUT2D eigenvalue weighted by Gasteiger charge is 2.22. The van der Waals surface area contributed by atoms with E-state index in [1.54, 1.807) is 25.1 Å². The van der Waals surface area contributed by atoms with E-state index in [1.165, 1.54) is 6.07 Å². The van der Waals surface area contributed by atoms with Crippen LogP contribution in [0, 0.1) is 6.92 Å². The molecule has 0 aliphatic rings. The predicted octanol–water partition coefficient (Wildman–Crippen LogP) is 3.40. The molecular weight excluding hydrogens is 372 g/mol. The first-order valence-electron chi connectivity index (χ1n) is 9.29. The van der Waals surface area contributed by atoms with Crippen LogP contribution in [0.25, 0.3) is 11.0 Å². The minimum absolute atomic E-state index is 0.219. The van der Waals surface area contributed by atoms with Gasteiger partial charge in [0.05, 0.1) is 6.61 Å². The number of amides is 2. The summed E-state index contributed by atoms with van der Waals surface area (Å²) in [5.41, 5.74) is 2.04. The standard InChI is InChI=1S/C22H22N2O5/c1-3-28-21(26)18(12-15-7-5-4-6-8-15)24-22(27)23-16-9-10-17-14(2)11-20(25)29-19(17)13-16/h4-11,13,18H,3,12H2,1-2H3,(H2,23,24,27)/t18-/m0/s1. The maximum Gasteiger partial charge on any atom is 0.336 e. The highest BCUT2D eigenvalue weighted by Crippen LogP contribution is 2.20. The molecule has 2 aromatic carbocycles. The summed E-state index contributed by atoms with van der Waals surface area (Å²) >= 11 is 0. The van der Waals surface area contributed by atoms with Gasteiger partial charge in [0.2, 0.25) is 0 Å². The number of aryl methyl sites for hydroxylation is 1. The van der Waals surface area contributed by atoms with Crippen LogP contribution >= 0.6 is 0 Å². The molecule has 0 saturated carbocycles. The maximum absolute atomic E-state index is 12.5. The lowest BCUT2D eigenvalue weighted by molar-refractivity contribution is -0.145. The molecule has 3 rings (SSSR count). The van der Waals surface area contributed by atoms with Gasteiger partial charge in [-0.2, -0.15) is 0 Å². The Morgan fingerprint density at radius 1 is 1.10 bits per heavy atom. The van der Waals surface area contributed by atoms with Crippen LogP contribution in [-0.4, -0.2) is 24.6 Å². The molecule has 1 atom stereocenters. The second kappa shape index (κ2) is 9.05. The van der Waals surface area contributed by atoms with Gasteiger partial charge in [-0.05, 0) is 37.1 Å². The number of carbonyl (C=O) groups is 2. The summed E-state index contributed by atoms with van der Waals surface area (Å²) in [6.07, 6.45) is 0.304. The van der Waals surface area contributed by atoms with Crippen molar-refractivity contribution in [1.29, 1.82) is 0 Å². The van der Waals surface area contributed by atoms with Crippen molar-refractivity contribution >= 4 is 28.7 Å². The maximum atomic E-state index is 12.5. The van der Waals surface area contributed by atoms with Crippen molar-refractivity contribution in [2.75, 3.05) is 11.9 Å². The number of rotatable bonds is 6. The molecule has 2 amide bonds. The van der Waals surface area contributed by atoms with E-state index in [1.807, 2.05) is 37.3 Å². The fourth-order valence-corrected chi connectivity index (χ4v) is 3.01.